The molecule has 160 valence electrons. The zero-order valence-electron chi connectivity index (χ0n) is 15.9. The lowest BCUT2D eigenvalue weighted by molar-refractivity contribution is -0.141. The van der Waals surface area contributed by atoms with E-state index in [2.05, 4.69) is 25.1 Å². The number of hydrogen-bond donors (Lipinski definition) is 0. The van der Waals surface area contributed by atoms with Gasteiger partial charge < -0.3 is 9.64 Å². The zero-order chi connectivity index (χ0) is 21.6. The Bertz CT molecular complexity index is 1100. The molecule has 1 aliphatic heterocycles. The van der Waals surface area contributed by atoms with E-state index in [1.54, 1.807) is 10.4 Å². The van der Waals surface area contributed by atoms with E-state index in [0.29, 0.717) is 23.8 Å². The Morgan fingerprint density at radius 3 is 2.71 bits per heavy atom. The summed E-state index contributed by atoms with van der Waals surface area (Å²) in [4.78, 5) is 26.5. The summed E-state index contributed by atoms with van der Waals surface area (Å²) in [6, 6.07) is 3.59. The molecule has 2 fully saturated rings. The van der Waals surface area contributed by atoms with E-state index in [4.69, 9.17) is 4.74 Å². The van der Waals surface area contributed by atoms with Crippen LogP contribution in [0.3, 0.4) is 0 Å². The maximum absolute atomic E-state index is 12.8. The van der Waals surface area contributed by atoms with Crippen molar-refractivity contribution in [1.82, 2.24) is 30.0 Å². The van der Waals surface area contributed by atoms with E-state index in [0.717, 1.165) is 6.07 Å². The van der Waals surface area contributed by atoms with Crippen molar-refractivity contribution in [2.45, 2.75) is 6.18 Å². The topological polar surface area (TPSA) is 94.0 Å². The van der Waals surface area contributed by atoms with Gasteiger partial charge in [0.2, 0.25) is 5.88 Å². The Hall–Kier alpha value is -3.15. The van der Waals surface area contributed by atoms with Gasteiger partial charge in [-0.3, -0.25) is 9.78 Å². The van der Waals surface area contributed by atoms with Crippen molar-refractivity contribution in [3.8, 4) is 16.6 Å². The van der Waals surface area contributed by atoms with Gasteiger partial charge in [0.05, 0.1) is 19.0 Å². The molecule has 5 rings (SSSR count). The molecule has 3 aromatic heterocycles. The summed E-state index contributed by atoms with van der Waals surface area (Å²) in [7, 11) is 0. The molecule has 8 nitrogen and oxygen atoms in total. The summed E-state index contributed by atoms with van der Waals surface area (Å²) in [5.41, 5.74) is 1.35. The van der Waals surface area contributed by atoms with Gasteiger partial charge in [-0.1, -0.05) is 17.4 Å². The van der Waals surface area contributed by atoms with Crippen LogP contribution >= 0.6 is 11.3 Å². The van der Waals surface area contributed by atoms with Gasteiger partial charge in [0, 0.05) is 25.1 Å². The highest BCUT2D eigenvalue weighted by molar-refractivity contribution is 7.12. The van der Waals surface area contributed by atoms with Crippen molar-refractivity contribution in [3.05, 3.63) is 47.5 Å². The second-order valence-electron chi connectivity index (χ2n) is 7.40. The molecule has 1 saturated carbocycles. The summed E-state index contributed by atoms with van der Waals surface area (Å²) in [5.74, 6) is 0.462. The molecule has 0 N–H and O–H groups in total. The van der Waals surface area contributed by atoms with Crippen molar-refractivity contribution >= 4 is 17.2 Å². The number of amides is 1. The summed E-state index contributed by atoms with van der Waals surface area (Å²) in [5, 5.41) is 8.29. The minimum atomic E-state index is -4.51. The van der Waals surface area contributed by atoms with E-state index < -0.39 is 11.9 Å². The molecule has 2 unspecified atom stereocenters. The number of piperidine rings is 1. The number of halogens is 3. The van der Waals surface area contributed by atoms with Gasteiger partial charge in [0.15, 0.2) is 5.01 Å². The fourth-order valence-electron chi connectivity index (χ4n) is 3.92. The molecular formula is C19H15F3N6O2S. The highest BCUT2D eigenvalue weighted by Gasteiger charge is 2.57. The van der Waals surface area contributed by atoms with E-state index in [-0.39, 0.29) is 41.8 Å². The normalized spacial score (nSPS) is 22.3. The number of carbonyl (C=O) groups excluding carboxylic acids is 1. The quantitative estimate of drug-likeness (QED) is 0.592. The molecule has 0 spiro atoms. The lowest BCUT2D eigenvalue weighted by Crippen LogP contribution is -2.33. The molecule has 1 aliphatic carbocycles. The first-order valence-electron chi connectivity index (χ1n) is 9.45. The van der Waals surface area contributed by atoms with Crippen LogP contribution in [0.5, 0.6) is 5.88 Å². The average molecular weight is 448 g/mol. The molecule has 0 aromatic carbocycles. The third kappa shape index (κ3) is 3.94. The largest absolute Gasteiger partial charge is 0.477 e. The SMILES string of the molecule is O=C(c1cncc(-c2nncs2)n1)N1CC2C(COc3cccc(C(F)(F)F)n3)C2C1. The molecule has 12 heteroatoms. The number of alkyl halides is 3. The zero-order valence-corrected chi connectivity index (χ0v) is 16.7. The van der Waals surface area contributed by atoms with E-state index in [1.165, 1.54) is 35.9 Å². The van der Waals surface area contributed by atoms with Gasteiger partial charge in [-0.25, -0.2) is 9.97 Å². The van der Waals surface area contributed by atoms with Crippen LogP contribution < -0.4 is 4.74 Å². The number of ether oxygens (including phenoxy) is 1. The molecule has 31 heavy (non-hydrogen) atoms. The minimum Gasteiger partial charge on any atom is -0.477 e. The Kier molecular flexibility index (Phi) is 4.80. The number of fused-ring (bicyclic) bond motifs is 1. The summed E-state index contributed by atoms with van der Waals surface area (Å²) in [6.45, 7) is 1.38. The van der Waals surface area contributed by atoms with Crippen molar-refractivity contribution in [2.24, 2.45) is 17.8 Å². The lowest BCUT2D eigenvalue weighted by Gasteiger charge is -2.19. The maximum atomic E-state index is 12.8. The van der Waals surface area contributed by atoms with Crippen LogP contribution in [0.15, 0.2) is 36.1 Å². The number of aromatic nitrogens is 5. The molecular weight excluding hydrogens is 433 g/mol. The summed E-state index contributed by atoms with van der Waals surface area (Å²) >= 11 is 1.31. The molecule has 1 amide bonds. The lowest BCUT2D eigenvalue weighted by atomic mass is 10.2. The standard InChI is InChI=1S/C19H15F3N6O2S/c20-19(21,22)15-2-1-3-16(26-15)30-8-12-10-6-28(7-11(10)12)18(29)14-5-23-4-13(25-14)17-27-24-9-31-17/h1-5,9-12H,6-8H2. The van der Waals surface area contributed by atoms with Crippen LogP contribution in [0.4, 0.5) is 13.2 Å². The Balaban J connectivity index is 1.17. The van der Waals surface area contributed by atoms with Gasteiger partial charge >= 0.3 is 6.18 Å². The highest BCUT2D eigenvalue weighted by atomic mass is 32.1. The van der Waals surface area contributed by atoms with E-state index >= 15 is 0 Å². The molecule has 3 aromatic rings. The third-order valence-corrected chi connectivity index (χ3v) is 6.24. The van der Waals surface area contributed by atoms with E-state index in [1.807, 2.05) is 0 Å². The Labute approximate surface area is 178 Å². The fourth-order valence-corrected chi connectivity index (χ4v) is 4.42. The van der Waals surface area contributed by atoms with E-state index in [9.17, 15) is 18.0 Å². The number of hydrogen-bond acceptors (Lipinski definition) is 8. The van der Waals surface area contributed by atoms with Crippen LogP contribution in [0.1, 0.15) is 16.2 Å². The molecule has 2 aliphatic rings. The third-order valence-electron chi connectivity index (χ3n) is 5.53. The van der Waals surface area contributed by atoms with Gasteiger partial charge in [0.1, 0.15) is 22.6 Å². The monoisotopic (exact) mass is 448 g/mol. The Morgan fingerprint density at radius 2 is 2.00 bits per heavy atom. The second kappa shape index (κ2) is 7.52. The first kappa shape index (κ1) is 19.8. The summed E-state index contributed by atoms with van der Waals surface area (Å²) < 4.78 is 43.8. The van der Waals surface area contributed by atoms with Gasteiger partial charge in [-0.15, -0.1) is 10.2 Å². The van der Waals surface area contributed by atoms with Crippen LogP contribution in [0.25, 0.3) is 10.7 Å². The van der Waals surface area contributed by atoms with Gasteiger partial charge in [0.25, 0.3) is 5.91 Å². The van der Waals surface area contributed by atoms with Crippen LogP contribution in [-0.2, 0) is 6.18 Å². The predicted octanol–water partition coefficient (Wildman–Crippen LogP) is 2.81. The number of pyridine rings is 1. The molecule has 1 saturated heterocycles. The molecule has 0 radical (unpaired) electrons. The molecule has 4 heterocycles. The minimum absolute atomic E-state index is 0.0449. The number of likely N-dealkylation sites (tertiary alicyclic amines) is 1. The fraction of sp³-hybridized carbons (Fsp3) is 0.368. The predicted molar refractivity (Wildman–Crippen MR) is 102 cm³/mol. The molecule has 0 bridgehead atoms. The van der Waals surface area contributed by atoms with Crippen LogP contribution in [0.2, 0.25) is 0 Å². The number of carbonyl (C=O) groups is 1. The van der Waals surface area contributed by atoms with Crippen molar-refractivity contribution < 1.29 is 22.7 Å². The Morgan fingerprint density at radius 1 is 1.19 bits per heavy atom. The maximum Gasteiger partial charge on any atom is 0.433 e. The van der Waals surface area contributed by atoms with Crippen LogP contribution in [0, 0.1) is 17.8 Å². The highest BCUT2D eigenvalue weighted by Crippen LogP contribution is 2.52. The second-order valence-corrected chi connectivity index (χ2v) is 8.24. The average Bonchev–Trinajstić information content (AvgIpc) is 3.16. The number of nitrogens with zero attached hydrogens (tertiary/aromatic N) is 6. The number of rotatable bonds is 5. The van der Waals surface area contributed by atoms with Gasteiger partial charge in [-0.2, -0.15) is 13.2 Å². The van der Waals surface area contributed by atoms with Crippen LogP contribution in [-0.4, -0.2) is 55.7 Å². The first-order valence-corrected chi connectivity index (χ1v) is 10.3. The van der Waals surface area contributed by atoms with Crippen molar-refractivity contribution in [2.75, 3.05) is 19.7 Å². The summed E-state index contributed by atoms with van der Waals surface area (Å²) in [6.07, 6.45) is -1.54. The molecule has 2 atom stereocenters. The van der Waals surface area contributed by atoms with Crippen molar-refractivity contribution in [1.29, 1.82) is 0 Å². The van der Waals surface area contributed by atoms with Crippen molar-refractivity contribution in [3.63, 3.8) is 0 Å². The van der Waals surface area contributed by atoms with Gasteiger partial charge in [-0.05, 0) is 17.9 Å². The smallest absolute Gasteiger partial charge is 0.433 e. The first-order chi connectivity index (χ1) is 14.9.